The van der Waals surface area contributed by atoms with Gasteiger partial charge in [0.15, 0.2) is 0 Å². The van der Waals surface area contributed by atoms with Crippen LogP contribution in [0.1, 0.15) is 34.6 Å². The van der Waals surface area contributed by atoms with Crippen LogP contribution in [0.3, 0.4) is 0 Å². The van der Waals surface area contributed by atoms with Crippen LogP contribution < -0.4 is 0 Å². The zero-order chi connectivity index (χ0) is 7.86. The first kappa shape index (κ1) is 16.9. The van der Waals surface area contributed by atoms with Crippen LogP contribution in [0.5, 0.6) is 0 Å². The minimum atomic E-state index is 0. The molecule has 0 rings (SSSR count). The van der Waals surface area contributed by atoms with Crippen LogP contribution in [0.4, 0.5) is 0 Å². The average Bonchev–Trinajstić information content (AvgIpc) is 1.68. The molecule has 0 aliphatic heterocycles. The third-order valence-electron chi connectivity index (χ3n) is 0.596. The first-order valence-electron chi connectivity index (χ1n) is 3.53. The number of rotatable bonds is 2. The predicted molar refractivity (Wildman–Crippen MR) is 44.7 cm³/mol. The van der Waals surface area contributed by atoms with Gasteiger partial charge in [-0.1, -0.05) is 27.7 Å². The summed E-state index contributed by atoms with van der Waals surface area (Å²) in [6, 6.07) is 1.000. The molecule has 0 heterocycles. The summed E-state index contributed by atoms with van der Waals surface area (Å²) in [6.45, 7) is 13.4. The molecule has 1 nitrogen and oxygen atoms in total. The Morgan fingerprint density at radius 2 is 1.10 bits per heavy atom. The van der Waals surface area contributed by atoms with E-state index in [1.165, 1.54) is 0 Å². The Hall–Kier alpha value is 0.583. The molecule has 0 atom stereocenters. The fraction of sp³-hybridized carbons (Fsp3) is 0.875. The van der Waals surface area contributed by atoms with Crippen LogP contribution in [0, 0.1) is 6.92 Å². The van der Waals surface area contributed by atoms with Gasteiger partial charge >= 0.3 is 19.5 Å². The minimum Gasteiger partial charge on any atom is -0.658 e. The first-order valence-corrected chi connectivity index (χ1v) is 3.53. The van der Waals surface area contributed by atoms with Crippen LogP contribution in [0.2, 0.25) is 0 Å². The Labute approximate surface area is 78.7 Å². The maximum atomic E-state index is 4.28. The van der Waals surface area contributed by atoms with Crippen molar-refractivity contribution in [3.05, 3.63) is 12.2 Å². The summed E-state index contributed by atoms with van der Waals surface area (Å²) in [5.74, 6) is 0. The van der Waals surface area contributed by atoms with E-state index in [9.17, 15) is 0 Å². The maximum absolute atomic E-state index is 4.28. The molecule has 0 aliphatic rings. The maximum Gasteiger partial charge on any atom is 2.00 e. The monoisotopic (exact) mass is 193 g/mol. The summed E-state index contributed by atoms with van der Waals surface area (Å²) in [5, 5.41) is 4.28. The number of hydrogen-bond donors (Lipinski definition) is 0. The molecule has 58 valence electrons. The summed E-state index contributed by atoms with van der Waals surface area (Å²) < 4.78 is 0. The summed E-state index contributed by atoms with van der Waals surface area (Å²) in [7, 11) is 0. The smallest absolute Gasteiger partial charge is 0.658 e. The quantitative estimate of drug-likeness (QED) is 0.474. The molecule has 0 amide bonds. The molecule has 0 bridgehead atoms. The molecular weight excluding hydrogens is 175 g/mol. The molecule has 2 heteroatoms. The molecular formula is C8H19NZn. The Balaban J connectivity index is -0.000000149. The Bertz CT molecular complexity index is 38.5. The van der Waals surface area contributed by atoms with E-state index in [-0.39, 0.29) is 19.5 Å². The topological polar surface area (TPSA) is 14.1 Å². The van der Waals surface area contributed by atoms with Gasteiger partial charge in [0.1, 0.15) is 0 Å². The van der Waals surface area contributed by atoms with Crippen molar-refractivity contribution in [3.8, 4) is 0 Å². The molecule has 0 radical (unpaired) electrons. The fourth-order valence-corrected chi connectivity index (χ4v) is 0.596. The van der Waals surface area contributed by atoms with E-state index in [1.807, 2.05) is 0 Å². The van der Waals surface area contributed by atoms with Crippen molar-refractivity contribution in [1.82, 2.24) is 0 Å². The SMILES string of the molecule is CC(C)[N-]C(C)C.[CH2-]C.[Zn+2]. The van der Waals surface area contributed by atoms with Gasteiger partial charge in [-0.05, 0) is 0 Å². The van der Waals surface area contributed by atoms with Crippen molar-refractivity contribution in [2.45, 2.75) is 46.7 Å². The van der Waals surface area contributed by atoms with Gasteiger partial charge in [-0.2, -0.15) is 6.92 Å². The molecule has 0 spiro atoms. The number of hydrogen-bond acceptors (Lipinski definition) is 0. The van der Waals surface area contributed by atoms with Crippen molar-refractivity contribution in [2.24, 2.45) is 0 Å². The van der Waals surface area contributed by atoms with E-state index in [4.69, 9.17) is 0 Å². The van der Waals surface area contributed by atoms with Gasteiger partial charge in [-0.25, -0.2) is 0 Å². The summed E-state index contributed by atoms with van der Waals surface area (Å²) >= 11 is 0. The van der Waals surface area contributed by atoms with Crippen LogP contribution in [-0.4, -0.2) is 12.1 Å². The molecule has 0 N–H and O–H groups in total. The fourth-order valence-electron chi connectivity index (χ4n) is 0.596. The summed E-state index contributed by atoms with van der Waals surface area (Å²) in [6.07, 6.45) is 0. The Morgan fingerprint density at radius 3 is 1.10 bits per heavy atom. The number of nitrogens with zero attached hydrogens (tertiary/aromatic N) is 1. The zero-order valence-electron chi connectivity index (χ0n) is 8.02. The van der Waals surface area contributed by atoms with Gasteiger partial charge in [0.2, 0.25) is 0 Å². The molecule has 0 aliphatic carbocycles. The molecule has 0 aromatic rings. The predicted octanol–water partition coefficient (Wildman–Crippen LogP) is 3.01. The van der Waals surface area contributed by atoms with Crippen LogP contribution in [0.15, 0.2) is 0 Å². The molecule has 0 fully saturated rings. The zero-order valence-corrected chi connectivity index (χ0v) is 11.0. The average molecular weight is 195 g/mol. The van der Waals surface area contributed by atoms with Crippen molar-refractivity contribution in [2.75, 3.05) is 0 Å². The van der Waals surface area contributed by atoms with Crippen LogP contribution in [0.25, 0.3) is 5.32 Å². The van der Waals surface area contributed by atoms with E-state index in [0.717, 1.165) is 0 Å². The van der Waals surface area contributed by atoms with Crippen LogP contribution in [-0.2, 0) is 19.5 Å². The molecule has 0 saturated heterocycles. The second-order valence-corrected chi connectivity index (χ2v) is 2.34. The molecule has 0 unspecified atom stereocenters. The minimum absolute atomic E-state index is 0. The van der Waals surface area contributed by atoms with E-state index < -0.39 is 0 Å². The van der Waals surface area contributed by atoms with E-state index in [2.05, 4.69) is 39.9 Å². The first-order chi connectivity index (χ1) is 4.13. The standard InChI is InChI=1S/C6H14N.C2H5.Zn/c1-5(2)7-6(3)4;1-2;/h5-6H,1-4H3;1H2,2H3;/q2*-1;+2. The third kappa shape index (κ3) is 23.5. The van der Waals surface area contributed by atoms with Gasteiger partial charge in [-0.15, -0.1) is 12.1 Å². The Kier molecular flexibility index (Phi) is 20.8. The van der Waals surface area contributed by atoms with Crippen molar-refractivity contribution in [1.29, 1.82) is 0 Å². The van der Waals surface area contributed by atoms with Crippen molar-refractivity contribution >= 4 is 0 Å². The van der Waals surface area contributed by atoms with E-state index in [0.29, 0.717) is 12.1 Å². The summed E-state index contributed by atoms with van der Waals surface area (Å²) in [5.41, 5.74) is 0. The van der Waals surface area contributed by atoms with Crippen molar-refractivity contribution in [3.63, 3.8) is 0 Å². The molecule has 0 aromatic heterocycles. The van der Waals surface area contributed by atoms with Gasteiger partial charge in [0.05, 0.1) is 0 Å². The second-order valence-electron chi connectivity index (χ2n) is 2.34. The largest absolute Gasteiger partial charge is 2.00 e. The molecule has 0 aromatic carbocycles. The van der Waals surface area contributed by atoms with E-state index >= 15 is 0 Å². The Morgan fingerprint density at radius 1 is 0.900 bits per heavy atom. The van der Waals surface area contributed by atoms with E-state index in [1.54, 1.807) is 6.92 Å². The van der Waals surface area contributed by atoms with Gasteiger partial charge in [0, 0.05) is 0 Å². The second kappa shape index (κ2) is 12.3. The summed E-state index contributed by atoms with van der Waals surface area (Å²) in [4.78, 5) is 0. The normalized spacial score (nSPS) is 8.40. The molecule has 0 saturated carbocycles. The third-order valence-corrected chi connectivity index (χ3v) is 0.596. The van der Waals surface area contributed by atoms with Gasteiger partial charge in [0.25, 0.3) is 0 Å². The van der Waals surface area contributed by atoms with Crippen LogP contribution >= 0.6 is 0 Å². The van der Waals surface area contributed by atoms with Gasteiger partial charge in [-0.3, -0.25) is 0 Å². The molecule has 10 heavy (non-hydrogen) atoms. The van der Waals surface area contributed by atoms with Gasteiger partial charge < -0.3 is 12.2 Å². The van der Waals surface area contributed by atoms with Crippen molar-refractivity contribution < 1.29 is 19.5 Å².